The van der Waals surface area contributed by atoms with Crippen molar-refractivity contribution in [3.63, 3.8) is 0 Å². The first-order valence-corrected chi connectivity index (χ1v) is 6.67. The van der Waals surface area contributed by atoms with Crippen LogP contribution in [0.25, 0.3) is 0 Å². The summed E-state index contributed by atoms with van der Waals surface area (Å²) in [7, 11) is 1.68. The first kappa shape index (κ1) is 15.2. The number of rotatable bonds is 4. The Morgan fingerprint density at radius 2 is 2.26 bits per heavy atom. The largest absolute Gasteiger partial charge is 0.384 e. The van der Waals surface area contributed by atoms with E-state index in [9.17, 15) is 9.59 Å². The van der Waals surface area contributed by atoms with Crippen molar-refractivity contribution < 1.29 is 14.7 Å². The molecule has 0 atom stereocenters. The van der Waals surface area contributed by atoms with Gasteiger partial charge in [-0.15, -0.1) is 11.3 Å². The Morgan fingerprint density at radius 3 is 2.89 bits per heavy atom. The summed E-state index contributed by atoms with van der Waals surface area (Å²) in [5.74, 6) is 4.73. The van der Waals surface area contributed by atoms with Gasteiger partial charge in [0.2, 0.25) is 5.91 Å². The van der Waals surface area contributed by atoms with Crippen molar-refractivity contribution in [2.24, 2.45) is 0 Å². The van der Waals surface area contributed by atoms with Crippen LogP contribution in [0.4, 0.5) is 0 Å². The third-order valence-electron chi connectivity index (χ3n) is 2.47. The summed E-state index contributed by atoms with van der Waals surface area (Å²) in [5.41, 5.74) is 0.563. The van der Waals surface area contributed by atoms with Gasteiger partial charge in [-0.1, -0.05) is 11.8 Å². The van der Waals surface area contributed by atoms with Crippen molar-refractivity contribution in [2.75, 3.05) is 26.7 Å². The zero-order chi connectivity index (χ0) is 14.3. The Labute approximate surface area is 116 Å². The lowest BCUT2D eigenvalue weighted by atomic mass is 10.2. The van der Waals surface area contributed by atoms with Gasteiger partial charge in [-0.2, -0.15) is 0 Å². The first-order chi connectivity index (χ1) is 9.10. The fraction of sp³-hybridized carbons (Fsp3) is 0.385. The molecule has 1 aromatic heterocycles. The second kappa shape index (κ2) is 7.56. The van der Waals surface area contributed by atoms with Crippen molar-refractivity contribution in [1.82, 2.24) is 10.2 Å². The second-order valence-electron chi connectivity index (χ2n) is 3.71. The molecule has 6 heteroatoms. The van der Waals surface area contributed by atoms with E-state index in [1.54, 1.807) is 18.5 Å². The van der Waals surface area contributed by atoms with Gasteiger partial charge >= 0.3 is 0 Å². The van der Waals surface area contributed by atoms with Crippen LogP contribution in [-0.4, -0.2) is 48.6 Å². The maximum absolute atomic E-state index is 11.9. The zero-order valence-electron chi connectivity index (χ0n) is 10.9. The number of hydrogen-bond acceptors (Lipinski definition) is 4. The van der Waals surface area contributed by atoms with E-state index in [0.717, 1.165) is 0 Å². The molecule has 2 N–H and O–H groups in total. The Bertz CT molecular complexity index is 513. The predicted molar refractivity (Wildman–Crippen MR) is 73.9 cm³/mol. The third kappa shape index (κ3) is 4.39. The van der Waals surface area contributed by atoms with Crippen LogP contribution >= 0.6 is 11.3 Å². The minimum Gasteiger partial charge on any atom is -0.384 e. The maximum Gasteiger partial charge on any atom is 0.263 e. The molecule has 0 aliphatic rings. The minimum absolute atomic E-state index is 0.0338. The Kier molecular flexibility index (Phi) is 6.06. The van der Waals surface area contributed by atoms with Gasteiger partial charge in [0.05, 0.1) is 6.54 Å². The minimum atomic E-state index is -0.324. The number of aliphatic hydroxyl groups is 1. The van der Waals surface area contributed by atoms with Crippen LogP contribution in [0.1, 0.15) is 22.2 Å². The third-order valence-corrected chi connectivity index (χ3v) is 3.39. The predicted octanol–water partition coefficient (Wildman–Crippen LogP) is 0.300. The van der Waals surface area contributed by atoms with Crippen LogP contribution in [0.2, 0.25) is 0 Å². The van der Waals surface area contributed by atoms with E-state index in [0.29, 0.717) is 17.0 Å². The topological polar surface area (TPSA) is 69.6 Å². The van der Waals surface area contributed by atoms with E-state index < -0.39 is 0 Å². The SMILES string of the molecule is CCN(C)C(=O)CNC(=O)c1sccc1C#CCO. The normalized spacial score (nSPS) is 9.42. The van der Waals surface area contributed by atoms with Crippen LogP contribution in [0.5, 0.6) is 0 Å². The standard InChI is InChI=1S/C13H16N2O3S/c1-3-15(2)11(17)9-14-13(18)12-10(5-4-7-16)6-8-19-12/h6,8,16H,3,7,9H2,1-2H3,(H,14,18). The molecular formula is C13H16N2O3S. The van der Waals surface area contributed by atoms with Crippen LogP contribution in [-0.2, 0) is 4.79 Å². The number of carbonyl (C=O) groups excluding carboxylic acids is 2. The molecule has 0 bridgehead atoms. The van der Waals surface area contributed by atoms with Crippen molar-refractivity contribution in [3.05, 3.63) is 21.9 Å². The van der Waals surface area contributed by atoms with Crippen molar-refractivity contribution >= 4 is 23.2 Å². The van der Waals surface area contributed by atoms with Gasteiger partial charge in [-0.05, 0) is 18.4 Å². The van der Waals surface area contributed by atoms with Crippen molar-refractivity contribution in [1.29, 1.82) is 0 Å². The summed E-state index contributed by atoms with van der Waals surface area (Å²) in [4.78, 5) is 25.4. The first-order valence-electron chi connectivity index (χ1n) is 5.79. The van der Waals surface area contributed by atoms with E-state index in [2.05, 4.69) is 17.2 Å². The molecule has 0 aliphatic carbocycles. The average Bonchev–Trinajstić information content (AvgIpc) is 2.89. The lowest BCUT2D eigenvalue weighted by Gasteiger charge is -2.14. The fourth-order valence-corrected chi connectivity index (χ4v) is 2.03. The van der Waals surface area contributed by atoms with Gasteiger partial charge in [0.1, 0.15) is 11.5 Å². The van der Waals surface area contributed by atoms with Gasteiger partial charge in [0, 0.05) is 19.2 Å². The number of nitrogens with zero attached hydrogens (tertiary/aromatic N) is 1. The Balaban J connectivity index is 2.64. The molecule has 1 rings (SSSR count). The highest BCUT2D eigenvalue weighted by Crippen LogP contribution is 2.15. The number of likely N-dealkylation sites (N-methyl/N-ethyl adjacent to an activating group) is 1. The van der Waals surface area contributed by atoms with Gasteiger partial charge < -0.3 is 15.3 Å². The molecule has 1 heterocycles. The average molecular weight is 280 g/mol. The summed E-state index contributed by atoms with van der Waals surface area (Å²) in [5, 5.41) is 13.0. The molecule has 19 heavy (non-hydrogen) atoms. The summed E-state index contributed by atoms with van der Waals surface area (Å²) in [6.45, 7) is 2.17. The molecule has 0 saturated carbocycles. The van der Waals surface area contributed by atoms with Gasteiger partial charge in [0.25, 0.3) is 5.91 Å². The van der Waals surface area contributed by atoms with Gasteiger partial charge in [-0.25, -0.2) is 0 Å². The molecular weight excluding hydrogens is 264 g/mol. The lowest BCUT2D eigenvalue weighted by molar-refractivity contribution is -0.128. The Morgan fingerprint density at radius 1 is 1.53 bits per heavy atom. The number of amides is 2. The summed E-state index contributed by atoms with van der Waals surface area (Å²) in [6.07, 6.45) is 0. The maximum atomic E-state index is 11.9. The molecule has 102 valence electrons. The lowest BCUT2D eigenvalue weighted by Crippen LogP contribution is -2.37. The van der Waals surface area contributed by atoms with Gasteiger partial charge in [0.15, 0.2) is 0 Å². The molecule has 0 saturated heterocycles. The highest BCUT2D eigenvalue weighted by atomic mass is 32.1. The molecule has 0 radical (unpaired) electrons. The summed E-state index contributed by atoms with van der Waals surface area (Å²) < 4.78 is 0. The molecule has 5 nitrogen and oxygen atoms in total. The van der Waals surface area contributed by atoms with Crippen LogP contribution in [0.3, 0.4) is 0 Å². The molecule has 0 fully saturated rings. The number of hydrogen-bond donors (Lipinski definition) is 2. The summed E-state index contributed by atoms with van der Waals surface area (Å²) in [6, 6.07) is 1.71. The number of carbonyl (C=O) groups is 2. The fourth-order valence-electron chi connectivity index (χ4n) is 1.27. The van der Waals surface area contributed by atoms with E-state index in [-0.39, 0.29) is 25.0 Å². The number of nitrogens with one attached hydrogen (secondary N) is 1. The van der Waals surface area contributed by atoms with Crippen molar-refractivity contribution in [3.8, 4) is 11.8 Å². The van der Waals surface area contributed by atoms with E-state index >= 15 is 0 Å². The molecule has 0 unspecified atom stereocenters. The summed E-state index contributed by atoms with van der Waals surface area (Å²) >= 11 is 1.25. The van der Waals surface area contributed by atoms with E-state index in [4.69, 9.17) is 5.11 Å². The van der Waals surface area contributed by atoms with Gasteiger partial charge in [-0.3, -0.25) is 9.59 Å². The van der Waals surface area contributed by atoms with Crippen LogP contribution < -0.4 is 5.32 Å². The monoisotopic (exact) mass is 280 g/mol. The van der Waals surface area contributed by atoms with E-state index in [1.165, 1.54) is 16.2 Å². The highest BCUT2D eigenvalue weighted by molar-refractivity contribution is 7.12. The molecule has 0 spiro atoms. The number of thiophene rings is 1. The molecule has 0 aromatic carbocycles. The van der Waals surface area contributed by atoms with Crippen molar-refractivity contribution in [2.45, 2.75) is 6.92 Å². The number of aliphatic hydroxyl groups excluding tert-OH is 1. The van der Waals surface area contributed by atoms with E-state index in [1.807, 2.05) is 6.92 Å². The Hall–Kier alpha value is -1.84. The zero-order valence-corrected chi connectivity index (χ0v) is 11.7. The quantitative estimate of drug-likeness (QED) is 0.779. The smallest absolute Gasteiger partial charge is 0.263 e. The molecule has 0 aliphatic heterocycles. The second-order valence-corrected chi connectivity index (χ2v) is 4.63. The highest BCUT2D eigenvalue weighted by Gasteiger charge is 2.14. The molecule has 1 aromatic rings. The molecule has 2 amide bonds. The van der Waals surface area contributed by atoms with Crippen LogP contribution in [0.15, 0.2) is 11.4 Å². The van der Waals surface area contributed by atoms with Crippen LogP contribution in [0, 0.1) is 11.8 Å².